The number of ether oxygens (including phenoxy) is 1. The molecule has 1 atom stereocenters. The van der Waals surface area contributed by atoms with Gasteiger partial charge in [0.15, 0.2) is 11.6 Å². The highest BCUT2D eigenvalue weighted by atomic mass is 19.2. The SMILES string of the molecule is CCc1cc2c(c(F)c1F)OC(C1CCC(C3CCC(CC)CC3)CC1)CC2. The first-order valence-corrected chi connectivity index (χ1v) is 11.8. The van der Waals surface area contributed by atoms with E-state index >= 15 is 0 Å². The summed E-state index contributed by atoms with van der Waals surface area (Å²) in [6.45, 7) is 4.19. The summed E-state index contributed by atoms with van der Waals surface area (Å²) in [6, 6.07) is 1.81. The average molecular weight is 391 g/mol. The van der Waals surface area contributed by atoms with E-state index in [0.717, 1.165) is 36.2 Å². The van der Waals surface area contributed by atoms with Crippen LogP contribution in [0, 0.1) is 35.3 Å². The second-order valence-corrected chi connectivity index (χ2v) is 9.56. The number of fused-ring (bicyclic) bond motifs is 1. The maximum absolute atomic E-state index is 14.5. The zero-order valence-electron chi connectivity index (χ0n) is 17.6. The molecule has 4 rings (SSSR count). The van der Waals surface area contributed by atoms with Crippen LogP contribution in [0.1, 0.15) is 89.2 Å². The third kappa shape index (κ3) is 3.96. The van der Waals surface area contributed by atoms with E-state index < -0.39 is 11.6 Å². The van der Waals surface area contributed by atoms with Crippen molar-refractivity contribution in [1.82, 2.24) is 0 Å². The molecule has 1 aromatic rings. The summed E-state index contributed by atoms with van der Waals surface area (Å²) in [7, 11) is 0. The van der Waals surface area contributed by atoms with Gasteiger partial charge in [0.05, 0.1) is 0 Å². The second kappa shape index (κ2) is 8.71. The molecule has 1 unspecified atom stereocenters. The number of rotatable bonds is 4. The quantitative estimate of drug-likeness (QED) is 0.526. The smallest absolute Gasteiger partial charge is 0.201 e. The van der Waals surface area contributed by atoms with Crippen LogP contribution in [0.15, 0.2) is 6.07 Å². The van der Waals surface area contributed by atoms with Crippen LogP contribution in [0.4, 0.5) is 8.78 Å². The van der Waals surface area contributed by atoms with Gasteiger partial charge in [0, 0.05) is 0 Å². The number of halogens is 2. The highest BCUT2D eigenvalue weighted by Gasteiger charge is 2.36. The molecule has 0 amide bonds. The summed E-state index contributed by atoms with van der Waals surface area (Å²) in [5, 5.41) is 0. The van der Waals surface area contributed by atoms with Gasteiger partial charge in [0.2, 0.25) is 5.82 Å². The van der Waals surface area contributed by atoms with Crippen LogP contribution in [-0.2, 0) is 12.8 Å². The van der Waals surface area contributed by atoms with Crippen molar-refractivity contribution in [2.45, 2.75) is 97.0 Å². The molecule has 0 aromatic heterocycles. The van der Waals surface area contributed by atoms with E-state index in [-0.39, 0.29) is 11.9 Å². The Morgan fingerprint density at radius 1 is 0.821 bits per heavy atom. The predicted octanol–water partition coefficient (Wildman–Crippen LogP) is 7.24. The summed E-state index contributed by atoms with van der Waals surface area (Å²) in [5.74, 6) is 2.00. The Labute approximate surface area is 169 Å². The molecule has 0 saturated heterocycles. The fourth-order valence-corrected chi connectivity index (χ4v) is 6.19. The second-order valence-electron chi connectivity index (χ2n) is 9.56. The van der Waals surface area contributed by atoms with E-state index in [0.29, 0.717) is 17.9 Å². The van der Waals surface area contributed by atoms with Crippen molar-refractivity contribution >= 4 is 0 Å². The molecule has 3 heteroatoms. The van der Waals surface area contributed by atoms with Crippen molar-refractivity contribution in [1.29, 1.82) is 0 Å². The molecule has 1 nitrogen and oxygen atoms in total. The van der Waals surface area contributed by atoms with Gasteiger partial charge in [-0.05, 0) is 98.7 Å². The summed E-state index contributed by atoms with van der Waals surface area (Å²) in [6.07, 6.45) is 14.3. The molecule has 156 valence electrons. The van der Waals surface area contributed by atoms with Crippen molar-refractivity contribution in [2.75, 3.05) is 0 Å². The number of hydrogen-bond donors (Lipinski definition) is 0. The van der Waals surface area contributed by atoms with Gasteiger partial charge in [-0.15, -0.1) is 0 Å². The lowest BCUT2D eigenvalue weighted by Gasteiger charge is -2.40. The fraction of sp³-hybridized carbons (Fsp3) is 0.760. The van der Waals surface area contributed by atoms with E-state index in [2.05, 4.69) is 6.92 Å². The van der Waals surface area contributed by atoms with Crippen LogP contribution in [0.5, 0.6) is 5.75 Å². The Morgan fingerprint density at radius 3 is 2.04 bits per heavy atom. The largest absolute Gasteiger partial charge is 0.487 e. The monoisotopic (exact) mass is 390 g/mol. The minimum atomic E-state index is -0.764. The molecule has 28 heavy (non-hydrogen) atoms. The van der Waals surface area contributed by atoms with Crippen molar-refractivity contribution < 1.29 is 13.5 Å². The molecule has 1 heterocycles. The minimum absolute atomic E-state index is 0.0608. The zero-order valence-corrected chi connectivity index (χ0v) is 17.6. The highest BCUT2D eigenvalue weighted by molar-refractivity contribution is 5.41. The van der Waals surface area contributed by atoms with Gasteiger partial charge >= 0.3 is 0 Å². The zero-order chi connectivity index (χ0) is 19.7. The molecule has 2 aliphatic carbocycles. The first kappa shape index (κ1) is 20.2. The van der Waals surface area contributed by atoms with Crippen molar-refractivity contribution in [3.8, 4) is 5.75 Å². The molecule has 1 aromatic carbocycles. The first-order valence-electron chi connectivity index (χ1n) is 11.8. The first-order chi connectivity index (χ1) is 13.6. The number of benzene rings is 1. The Bertz CT molecular complexity index is 670. The molecule has 1 aliphatic heterocycles. The van der Waals surface area contributed by atoms with E-state index in [1.807, 2.05) is 13.0 Å². The Kier molecular flexibility index (Phi) is 6.27. The van der Waals surface area contributed by atoms with Crippen LogP contribution < -0.4 is 4.74 Å². The molecule has 2 fully saturated rings. The molecular weight excluding hydrogens is 354 g/mol. The van der Waals surface area contributed by atoms with Gasteiger partial charge < -0.3 is 4.74 Å². The van der Waals surface area contributed by atoms with E-state index in [1.54, 1.807) is 0 Å². The van der Waals surface area contributed by atoms with Crippen LogP contribution >= 0.6 is 0 Å². The van der Waals surface area contributed by atoms with Crippen LogP contribution in [-0.4, -0.2) is 6.10 Å². The summed E-state index contributed by atoms with van der Waals surface area (Å²) < 4.78 is 34.8. The maximum Gasteiger partial charge on any atom is 0.201 e. The molecule has 0 N–H and O–H groups in total. The Hall–Kier alpha value is -1.12. The number of aryl methyl sites for hydroxylation is 2. The predicted molar refractivity (Wildman–Crippen MR) is 110 cm³/mol. The van der Waals surface area contributed by atoms with Crippen molar-refractivity contribution in [3.63, 3.8) is 0 Å². The molecule has 0 spiro atoms. The standard InChI is InChI=1S/C25H36F2O/c1-3-16-5-7-18(8-6-16)19-9-11-20(12-10-19)22-14-13-21-15-17(4-2)23(26)24(27)25(21)28-22/h15-16,18-20,22H,3-14H2,1-2H3. The fourth-order valence-electron chi connectivity index (χ4n) is 6.19. The van der Waals surface area contributed by atoms with Gasteiger partial charge in [-0.2, -0.15) is 4.39 Å². The third-order valence-corrected chi connectivity index (χ3v) is 8.14. The maximum atomic E-state index is 14.5. The summed E-state index contributed by atoms with van der Waals surface area (Å²) in [5.41, 5.74) is 1.32. The lowest BCUT2D eigenvalue weighted by atomic mass is 9.68. The average Bonchev–Trinajstić information content (AvgIpc) is 2.76. The van der Waals surface area contributed by atoms with E-state index in [1.165, 1.54) is 57.8 Å². The molecule has 3 aliphatic rings. The molecule has 2 saturated carbocycles. The lowest BCUT2D eigenvalue weighted by Crippen LogP contribution is -2.35. The van der Waals surface area contributed by atoms with Gasteiger partial charge in [-0.1, -0.05) is 33.1 Å². The number of hydrogen-bond acceptors (Lipinski definition) is 1. The van der Waals surface area contributed by atoms with E-state index in [4.69, 9.17) is 4.74 Å². The van der Waals surface area contributed by atoms with E-state index in [9.17, 15) is 8.78 Å². The van der Waals surface area contributed by atoms with Crippen LogP contribution in [0.3, 0.4) is 0 Å². The lowest BCUT2D eigenvalue weighted by molar-refractivity contribution is 0.0565. The van der Waals surface area contributed by atoms with Gasteiger partial charge in [0.1, 0.15) is 6.10 Å². The van der Waals surface area contributed by atoms with Crippen LogP contribution in [0.2, 0.25) is 0 Å². The topological polar surface area (TPSA) is 9.23 Å². The molecule has 0 bridgehead atoms. The summed E-state index contributed by atoms with van der Waals surface area (Å²) >= 11 is 0. The molecule has 0 radical (unpaired) electrons. The third-order valence-electron chi connectivity index (χ3n) is 8.14. The summed E-state index contributed by atoms with van der Waals surface area (Å²) in [4.78, 5) is 0. The van der Waals surface area contributed by atoms with Crippen LogP contribution in [0.25, 0.3) is 0 Å². The Balaban J connectivity index is 1.34. The molecular formula is C25H36F2O. The van der Waals surface area contributed by atoms with Gasteiger partial charge in [-0.3, -0.25) is 0 Å². The van der Waals surface area contributed by atoms with Gasteiger partial charge in [0.25, 0.3) is 0 Å². The van der Waals surface area contributed by atoms with Crippen molar-refractivity contribution in [3.05, 3.63) is 28.8 Å². The van der Waals surface area contributed by atoms with Crippen molar-refractivity contribution in [2.24, 2.45) is 23.7 Å². The van der Waals surface area contributed by atoms with Gasteiger partial charge in [-0.25, -0.2) is 4.39 Å². The minimum Gasteiger partial charge on any atom is -0.487 e. The normalized spacial score (nSPS) is 33.2. The highest BCUT2D eigenvalue weighted by Crippen LogP contribution is 2.44. The Morgan fingerprint density at radius 2 is 1.43 bits per heavy atom.